The zero-order valence-corrected chi connectivity index (χ0v) is 9.84. The second-order valence-corrected chi connectivity index (χ2v) is 3.79. The normalized spacial score (nSPS) is 13.5. The van der Waals surface area contributed by atoms with Crippen molar-refractivity contribution in [3.05, 3.63) is 29.8 Å². The van der Waals surface area contributed by atoms with Crippen molar-refractivity contribution in [2.24, 2.45) is 0 Å². The third-order valence-electron chi connectivity index (χ3n) is 2.31. The standard InChI is InChI=1S/C12H16F3NO/c1-3-8-16-9(2)10-4-6-11(7-5-10)17-12(13,14)15/h4-7,9,16H,3,8H2,1-2H3. The predicted octanol–water partition coefficient (Wildman–Crippen LogP) is 3.65. The van der Waals surface area contributed by atoms with Crippen molar-refractivity contribution in [3.63, 3.8) is 0 Å². The second kappa shape index (κ2) is 5.91. The average Bonchev–Trinajstić information content (AvgIpc) is 2.24. The molecule has 0 bridgehead atoms. The average molecular weight is 247 g/mol. The number of ether oxygens (including phenoxy) is 1. The largest absolute Gasteiger partial charge is 0.573 e. The van der Waals surface area contributed by atoms with Gasteiger partial charge in [0.2, 0.25) is 0 Å². The number of nitrogens with one attached hydrogen (secondary N) is 1. The summed E-state index contributed by atoms with van der Waals surface area (Å²) in [7, 11) is 0. The Labute approximate surface area is 98.8 Å². The van der Waals surface area contributed by atoms with E-state index in [1.807, 2.05) is 6.92 Å². The van der Waals surface area contributed by atoms with Crippen LogP contribution in [0, 0.1) is 0 Å². The zero-order chi connectivity index (χ0) is 12.9. The van der Waals surface area contributed by atoms with Gasteiger partial charge in [0.05, 0.1) is 0 Å². The minimum atomic E-state index is -4.63. The predicted molar refractivity (Wildman–Crippen MR) is 59.8 cm³/mol. The number of benzene rings is 1. The van der Waals surface area contributed by atoms with Gasteiger partial charge in [-0.05, 0) is 37.6 Å². The first-order valence-electron chi connectivity index (χ1n) is 5.51. The van der Waals surface area contributed by atoms with E-state index in [1.165, 1.54) is 12.1 Å². The minimum Gasteiger partial charge on any atom is -0.406 e. The molecule has 1 aromatic rings. The highest BCUT2D eigenvalue weighted by Gasteiger charge is 2.30. The van der Waals surface area contributed by atoms with Crippen LogP contribution >= 0.6 is 0 Å². The van der Waals surface area contributed by atoms with Gasteiger partial charge >= 0.3 is 6.36 Å². The summed E-state index contributed by atoms with van der Waals surface area (Å²) in [6, 6.07) is 6.04. The molecule has 0 saturated heterocycles. The van der Waals surface area contributed by atoms with Crippen LogP contribution in [0.1, 0.15) is 31.9 Å². The van der Waals surface area contributed by atoms with Gasteiger partial charge in [0.15, 0.2) is 0 Å². The van der Waals surface area contributed by atoms with Crippen molar-refractivity contribution in [3.8, 4) is 5.75 Å². The summed E-state index contributed by atoms with van der Waals surface area (Å²) in [5.74, 6) is -0.191. The molecule has 2 nitrogen and oxygen atoms in total. The molecule has 1 N–H and O–H groups in total. The van der Waals surface area contributed by atoms with Crippen molar-refractivity contribution in [1.29, 1.82) is 0 Å². The van der Waals surface area contributed by atoms with E-state index in [4.69, 9.17) is 0 Å². The third-order valence-corrected chi connectivity index (χ3v) is 2.31. The fraction of sp³-hybridized carbons (Fsp3) is 0.500. The summed E-state index contributed by atoms with van der Waals surface area (Å²) in [6.07, 6.45) is -3.62. The van der Waals surface area contributed by atoms with E-state index >= 15 is 0 Å². The van der Waals surface area contributed by atoms with E-state index in [2.05, 4.69) is 17.0 Å². The lowest BCUT2D eigenvalue weighted by Gasteiger charge is -2.14. The molecule has 0 heterocycles. The van der Waals surface area contributed by atoms with Crippen molar-refractivity contribution < 1.29 is 17.9 Å². The maximum Gasteiger partial charge on any atom is 0.573 e. The molecule has 0 spiro atoms. The molecule has 0 aliphatic rings. The van der Waals surface area contributed by atoms with Gasteiger partial charge in [-0.15, -0.1) is 13.2 Å². The lowest BCUT2D eigenvalue weighted by molar-refractivity contribution is -0.274. The molecule has 0 aromatic heterocycles. The van der Waals surface area contributed by atoms with Gasteiger partial charge < -0.3 is 10.1 Å². The molecule has 5 heteroatoms. The van der Waals surface area contributed by atoms with Crippen LogP contribution in [0.25, 0.3) is 0 Å². The van der Waals surface area contributed by atoms with Gasteiger partial charge in [-0.25, -0.2) is 0 Å². The lowest BCUT2D eigenvalue weighted by Crippen LogP contribution is -2.19. The molecular formula is C12H16F3NO. The number of rotatable bonds is 5. The Morgan fingerprint density at radius 1 is 1.24 bits per heavy atom. The Hall–Kier alpha value is -1.23. The molecule has 1 atom stereocenters. The van der Waals surface area contributed by atoms with E-state index in [1.54, 1.807) is 12.1 Å². The van der Waals surface area contributed by atoms with Crippen LogP contribution in [-0.4, -0.2) is 12.9 Å². The molecule has 1 aromatic carbocycles. The van der Waals surface area contributed by atoms with Crippen molar-refractivity contribution in [1.82, 2.24) is 5.32 Å². The highest BCUT2D eigenvalue weighted by Crippen LogP contribution is 2.24. The van der Waals surface area contributed by atoms with E-state index < -0.39 is 6.36 Å². The Bertz CT molecular complexity index is 335. The first-order chi connectivity index (χ1) is 7.92. The summed E-state index contributed by atoms with van der Waals surface area (Å²) in [5, 5.41) is 3.25. The summed E-state index contributed by atoms with van der Waals surface area (Å²) in [4.78, 5) is 0. The van der Waals surface area contributed by atoms with Crippen molar-refractivity contribution in [2.45, 2.75) is 32.7 Å². The van der Waals surface area contributed by atoms with Gasteiger partial charge in [0.25, 0.3) is 0 Å². The minimum absolute atomic E-state index is 0.120. The summed E-state index contributed by atoms with van der Waals surface area (Å²) < 4.78 is 39.6. The zero-order valence-electron chi connectivity index (χ0n) is 9.84. The maximum atomic E-state index is 11.9. The first kappa shape index (κ1) is 13.8. The number of alkyl halides is 3. The number of halogens is 3. The molecule has 1 rings (SSSR count). The van der Waals surface area contributed by atoms with Crippen molar-refractivity contribution in [2.75, 3.05) is 6.54 Å². The van der Waals surface area contributed by atoms with E-state index in [-0.39, 0.29) is 11.8 Å². The molecule has 17 heavy (non-hydrogen) atoms. The van der Waals surface area contributed by atoms with Gasteiger partial charge in [-0.1, -0.05) is 19.1 Å². The van der Waals surface area contributed by atoms with Crippen LogP contribution in [0.3, 0.4) is 0 Å². The Kier molecular flexibility index (Phi) is 4.81. The second-order valence-electron chi connectivity index (χ2n) is 3.79. The molecule has 0 fully saturated rings. The third kappa shape index (κ3) is 5.08. The van der Waals surface area contributed by atoms with Crippen molar-refractivity contribution >= 4 is 0 Å². The van der Waals surface area contributed by atoms with Gasteiger partial charge in [-0.3, -0.25) is 0 Å². The Morgan fingerprint density at radius 3 is 2.29 bits per heavy atom. The topological polar surface area (TPSA) is 21.3 Å². The van der Waals surface area contributed by atoms with Crippen LogP contribution in [0.4, 0.5) is 13.2 Å². The lowest BCUT2D eigenvalue weighted by atomic mass is 10.1. The molecule has 1 unspecified atom stereocenters. The fourth-order valence-corrected chi connectivity index (χ4v) is 1.44. The van der Waals surface area contributed by atoms with Crippen LogP contribution in [0.5, 0.6) is 5.75 Å². The van der Waals surface area contributed by atoms with Crippen LogP contribution in [-0.2, 0) is 0 Å². The molecule has 0 radical (unpaired) electrons. The molecule has 0 aliphatic heterocycles. The number of hydrogen-bond acceptors (Lipinski definition) is 2. The maximum absolute atomic E-state index is 11.9. The molecular weight excluding hydrogens is 231 g/mol. The Morgan fingerprint density at radius 2 is 1.82 bits per heavy atom. The smallest absolute Gasteiger partial charge is 0.406 e. The highest BCUT2D eigenvalue weighted by molar-refractivity contribution is 5.29. The van der Waals surface area contributed by atoms with Crippen LogP contribution in [0.15, 0.2) is 24.3 Å². The molecule has 96 valence electrons. The Balaban J connectivity index is 2.61. The van der Waals surface area contributed by atoms with Gasteiger partial charge in [-0.2, -0.15) is 0 Å². The first-order valence-corrected chi connectivity index (χ1v) is 5.51. The van der Waals surface area contributed by atoms with E-state index in [0.717, 1.165) is 18.5 Å². The molecule has 0 aliphatic carbocycles. The van der Waals surface area contributed by atoms with E-state index in [0.29, 0.717) is 0 Å². The summed E-state index contributed by atoms with van der Waals surface area (Å²) in [6.45, 7) is 4.90. The summed E-state index contributed by atoms with van der Waals surface area (Å²) in [5.41, 5.74) is 0.938. The monoisotopic (exact) mass is 247 g/mol. The molecule has 0 saturated carbocycles. The fourth-order valence-electron chi connectivity index (χ4n) is 1.44. The highest BCUT2D eigenvalue weighted by atomic mass is 19.4. The van der Waals surface area contributed by atoms with Crippen LogP contribution in [0.2, 0.25) is 0 Å². The molecule has 0 amide bonds. The van der Waals surface area contributed by atoms with E-state index in [9.17, 15) is 13.2 Å². The SMILES string of the molecule is CCCNC(C)c1ccc(OC(F)(F)F)cc1. The van der Waals surface area contributed by atoms with Gasteiger partial charge in [0.1, 0.15) is 5.75 Å². The number of hydrogen-bond donors (Lipinski definition) is 1. The quantitative estimate of drug-likeness (QED) is 0.857. The van der Waals surface area contributed by atoms with Gasteiger partial charge in [0, 0.05) is 6.04 Å². The summed E-state index contributed by atoms with van der Waals surface area (Å²) >= 11 is 0. The van der Waals surface area contributed by atoms with Crippen LogP contribution < -0.4 is 10.1 Å².